The summed E-state index contributed by atoms with van der Waals surface area (Å²) in [5.41, 5.74) is 13.1. The van der Waals surface area contributed by atoms with E-state index in [2.05, 4.69) is 205 Å². The van der Waals surface area contributed by atoms with Crippen molar-refractivity contribution in [3.8, 4) is 11.4 Å². The average Bonchev–Trinajstić information content (AvgIpc) is 2.16. The molecule has 1 fully saturated rings. The summed E-state index contributed by atoms with van der Waals surface area (Å²) < 4.78 is 68.3. The molecule has 0 unspecified atom stereocenters. The van der Waals surface area contributed by atoms with E-state index in [0.29, 0.717) is 39.3 Å². The molecule has 10 aromatic carbocycles. The molecule has 0 saturated carbocycles. The molecule has 0 atom stereocenters. The van der Waals surface area contributed by atoms with Crippen LogP contribution in [0.3, 0.4) is 0 Å². The number of aryl methyl sites for hydroxylation is 2. The van der Waals surface area contributed by atoms with Crippen LogP contribution in [0.1, 0.15) is 19.4 Å². The van der Waals surface area contributed by atoms with Gasteiger partial charge in [0, 0.05) is 25.3 Å². The molecular formula is C64H48B3N9. The fourth-order valence-electron chi connectivity index (χ4n) is 12.0. The first-order valence-electron chi connectivity index (χ1n) is 28.6. The summed E-state index contributed by atoms with van der Waals surface area (Å²) in [4.78, 5) is 10.4. The van der Waals surface area contributed by atoms with E-state index in [0.717, 1.165) is 61.2 Å². The second-order valence-electron chi connectivity index (χ2n) is 19.4. The van der Waals surface area contributed by atoms with Crippen molar-refractivity contribution in [1.29, 1.82) is 0 Å². The van der Waals surface area contributed by atoms with E-state index >= 15 is 0 Å². The summed E-state index contributed by atoms with van der Waals surface area (Å²) in [6.07, 6.45) is 0. The Labute approximate surface area is 449 Å². The fourth-order valence-corrected chi connectivity index (χ4v) is 12.0. The number of hydrogen-bond acceptors (Lipinski definition) is 5. The lowest BCUT2D eigenvalue weighted by Gasteiger charge is -2.57. The summed E-state index contributed by atoms with van der Waals surface area (Å²) in [5.74, 6) is 0.988. The van der Waals surface area contributed by atoms with E-state index in [4.69, 9.17) is 18.2 Å². The van der Waals surface area contributed by atoms with E-state index in [-0.39, 0.29) is 32.1 Å². The van der Waals surface area contributed by atoms with Gasteiger partial charge in [-0.2, -0.15) is 0 Å². The highest BCUT2D eigenvalue weighted by molar-refractivity contribution is 7.14. The van der Waals surface area contributed by atoms with Gasteiger partial charge in [0.15, 0.2) is 0 Å². The predicted molar refractivity (Wildman–Crippen MR) is 318 cm³/mol. The predicted octanol–water partition coefficient (Wildman–Crippen LogP) is 11.8. The second-order valence-corrected chi connectivity index (χ2v) is 19.4. The third kappa shape index (κ3) is 6.69. The zero-order valence-corrected chi connectivity index (χ0v) is 41.0. The number of benzene rings is 10. The molecule has 15 rings (SSSR count). The molecule has 12 heteroatoms. The van der Waals surface area contributed by atoms with Crippen molar-refractivity contribution >= 4 is 110 Å². The van der Waals surface area contributed by atoms with Gasteiger partial charge in [-0.1, -0.05) is 170 Å². The molecule has 4 aromatic heterocycles. The highest BCUT2D eigenvalue weighted by Gasteiger charge is 2.55. The highest BCUT2D eigenvalue weighted by atomic mass is 15.3. The van der Waals surface area contributed by atoms with Crippen molar-refractivity contribution in [1.82, 2.24) is 27.9 Å². The van der Waals surface area contributed by atoms with Crippen LogP contribution in [0.2, 0.25) is 0 Å². The van der Waals surface area contributed by atoms with E-state index in [1.54, 1.807) is 18.2 Å². The van der Waals surface area contributed by atoms with Gasteiger partial charge in [-0.15, -0.1) is 0 Å². The summed E-state index contributed by atoms with van der Waals surface area (Å²) >= 11 is 0. The minimum atomic E-state index is -2.60. The first-order valence-corrected chi connectivity index (χ1v) is 25.6. The first kappa shape index (κ1) is 38.0. The van der Waals surface area contributed by atoms with Crippen LogP contribution < -0.4 is 30.6 Å². The van der Waals surface area contributed by atoms with Crippen molar-refractivity contribution in [2.24, 2.45) is 0 Å². The Morgan fingerprint density at radius 1 is 0.303 bits per heavy atom. The topological polar surface area (TPSA) is 54.2 Å². The largest absolute Gasteiger partial charge is 0.416 e. The zero-order valence-electron chi connectivity index (χ0n) is 47.0. The van der Waals surface area contributed by atoms with Crippen LogP contribution in [0.25, 0.3) is 67.1 Å². The van der Waals surface area contributed by atoms with Gasteiger partial charge in [0.2, 0.25) is 11.6 Å². The van der Waals surface area contributed by atoms with E-state index in [9.17, 15) is 0 Å². The summed E-state index contributed by atoms with van der Waals surface area (Å²) in [7, 11) is 0. The van der Waals surface area contributed by atoms with Crippen molar-refractivity contribution in [2.45, 2.75) is 13.7 Å². The van der Waals surface area contributed by atoms with Gasteiger partial charge in [0.1, 0.15) is 0 Å². The normalized spacial score (nSPS) is 14.7. The van der Waals surface area contributed by atoms with Gasteiger partial charge >= 0.3 is 20.9 Å². The van der Waals surface area contributed by atoms with Crippen molar-refractivity contribution < 1.29 is 8.22 Å². The van der Waals surface area contributed by atoms with E-state index < -0.39 is 13.7 Å². The molecule has 1 saturated heterocycles. The molecule has 1 aliphatic rings. The number of hydrogen-bond donors (Lipinski definition) is 0. The Kier molecular flexibility index (Phi) is 8.74. The summed E-state index contributed by atoms with van der Waals surface area (Å²) in [6, 6.07) is 87.1. The minimum Gasteiger partial charge on any atom is -0.416 e. The van der Waals surface area contributed by atoms with Crippen LogP contribution in [0.4, 0.5) is 17.1 Å². The molecule has 76 heavy (non-hydrogen) atoms. The quantitative estimate of drug-likeness (QED) is 0.142. The van der Waals surface area contributed by atoms with Crippen LogP contribution in [0.15, 0.2) is 255 Å². The monoisotopic (exact) mass is 981 g/mol. The number of imidazole rings is 4. The van der Waals surface area contributed by atoms with Crippen molar-refractivity contribution in [2.75, 3.05) is 14.2 Å². The zero-order chi connectivity index (χ0) is 55.4. The number of aromatic nitrogens is 6. The fraction of sp³-hybridized carbons (Fsp3) is 0.0312. The standard InChI is InChI=1S/C64H48B3N9/c1-45-24-22-41-59-61(45)68-64-71(56-38-19-20-39-57(56)72(59)64)54-42-46(2)62-60(44-54)73-58-40-21-18-37-55(58)70(63(73)69-62)52-35-23-36-53(43-52)76-66(48-27-10-4-11-28-48)74(50-31-14-6-15-32-50)65(47-25-8-3-9-26-47)75(51-33-16-7-17-34-51)67(76)49-29-12-5-13-30-49/h3-44H,1-2H3/i1D3,2D3. The van der Waals surface area contributed by atoms with E-state index in [1.807, 2.05) is 63.6 Å². The lowest BCUT2D eigenvalue weighted by atomic mass is 9.37. The Morgan fingerprint density at radius 2 is 0.684 bits per heavy atom. The van der Waals surface area contributed by atoms with Crippen LogP contribution in [0.5, 0.6) is 0 Å². The Bertz CT molecular complexity index is 4640. The number of fused-ring (bicyclic) bond motifs is 10. The molecule has 358 valence electrons. The SMILES string of the molecule is [2H]C([2H])([2H])c1cccc2c1nc1n(-c3cc(C([2H])([2H])[2H])c4nc5n(-c6cccc(N7B(c8ccccc8)N(c8ccccc8)B(c8ccccc8)N(c8ccccc8)B7c7ccccc7)c6)c6ccccc6n5c4c3)c3ccccc3n21. The summed E-state index contributed by atoms with van der Waals surface area (Å²) in [6.45, 7) is -6.07. The summed E-state index contributed by atoms with van der Waals surface area (Å²) in [5, 5.41) is 0. The van der Waals surface area contributed by atoms with Gasteiger partial charge in [0.05, 0.1) is 55.5 Å². The van der Waals surface area contributed by atoms with E-state index in [1.165, 1.54) is 0 Å². The van der Waals surface area contributed by atoms with Gasteiger partial charge in [-0.05, 0) is 126 Å². The van der Waals surface area contributed by atoms with Gasteiger partial charge in [-0.25, -0.2) is 9.97 Å². The molecule has 0 N–H and O–H groups in total. The lowest BCUT2D eigenvalue weighted by Crippen LogP contribution is -2.86. The minimum absolute atomic E-state index is 0.0722. The molecule has 0 amide bonds. The molecule has 1 aliphatic heterocycles. The second kappa shape index (κ2) is 17.5. The number of anilines is 3. The van der Waals surface area contributed by atoms with Crippen LogP contribution >= 0.6 is 0 Å². The molecular weight excluding hydrogens is 927 g/mol. The average molecular weight is 982 g/mol. The van der Waals surface area contributed by atoms with Gasteiger partial charge < -0.3 is 14.2 Å². The number of nitrogens with zero attached hydrogens (tertiary/aromatic N) is 9. The molecule has 14 aromatic rings. The number of rotatable bonds is 8. The first-order chi connectivity index (χ1) is 40.0. The van der Waals surface area contributed by atoms with Crippen LogP contribution in [0, 0.1) is 13.7 Å². The molecule has 0 bridgehead atoms. The third-order valence-corrected chi connectivity index (χ3v) is 15.1. The molecule has 0 radical (unpaired) electrons. The highest BCUT2D eigenvalue weighted by Crippen LogP contribution is 2.38. The lowest BCUT2D eigenvalue weighted by molar-refractivity contribution is 1.10. The molecule has 0 spiro atoms. The van der Waals surface area contributed by atoms with Gasteiger partial charge in [-0.3, -0.25) is 17.9 Å². The molecule has 9 nitrogen and oxygen atoms in total. The van der Waals surface area contributed by atoms with Gasteiger partial charge in [0.25, 0.3) is 0 Å². The Balaban J connectivity index is 0.990. The molecule has 5 heterocycles. The smallest absolute Gasteiger partial charge is 0.388 e. The van der Waals surface area contributed by atoms with Crippen LogP contribution in [-0.2, 0) is 0 Å². The van der Waals surface area contributed by atoms with Crippen LogP contribution in [-0.4, -0.2) is 48.9 Å². The van der Waals surface area contributed by atoms with Crippen molar-refractivity contribution in [3.63, 3.8) is 0 Å². The van der Waals surface area contributed by atoms with Crippen molar-refractivity contribution in [3.05, 3.63) is 266 Å². The maximum absolute atomic E-state index is 9.11. The molecule has 0 aliphatic carbocycles. The third-order valence-electron chi connectivity index (χ3n) is 15.1. The maximum atomic E-state index is 9.11. The maximum Gasteiger partial charge on any atom is 0.388 e. The number of para-hydroxylation sites is 7. The Morgan fingerprint density at radius 3 is 1.20 bits per heavy atom. The Hall–Kier alpha value is -9.67.